The summed E-state index contributed by atoms with van der Waals surface area (Å²) in [6, 6.07) is 14.5. The summed E-state index contributed by atoms with van der Waals surface area (Å²) in [5.41, 5.74) is 2.93. The third-order valence-electron chi connectivity index (χ3n) is 5.19. The lowest BCUT2D eigenvalue weighted by Crippen LogP contribution is -2.31. The SMILES string of the molecule is COC(=O)c1cnc(CCCN2C(=O)c3ccccc3C2=O)nc1Nc1cccc(C)c1. The van der Waals surface area contributed by atoms with Gasteiger partial charge in [0.2, 0.25) is 0 Å². The van der Waals surface area contributed by atoms with Crippen molar-refractivity contribution in [2.45, 2.75) is 19.8 Å². The van der Waals surface area contributed by atoms with Gasteiger partial charge in [0.15, 0.2) is 0 Å². The highest BCUT2D eigenvalue weighted by Gasteiger charge is 2.34. The zero-order chi connectivity index (χ0) is 22.7. The maximum Gasteiger partial charge on any atom is 0.343 e. The number of esters is 1. The Balaban J connectivity index is 1.48. The minimum absolute atomic E-state index is 0.220. The van der Waals surface area contributed by atoms with E-state index in [0.29, 0.717) is 35.6 Å². The van der Waals surface area contributed by atoms with Gasteiger partial charge in [-0.2, -0.15) is 0 Å². The van der Waals surface area contributed by atoms with Gasteiger partial charge in [-0.25, -0.2) is 14.8 Å². The van der Waals surface area contributed by atoms with Gasteiger partial charge in [-0.3, -0.25) is 14.5 Å². The molecule has 0 saturated carbocycles. The molecule has 1 aliphatic heterocycles. The number of aryl methyl sites for hydroxylation is 2. The lowest BCUT2D eigenvalue weighted by atomic mass is 10.1. The number of benzene rings is 2. The number of aromatic nitrogens is 2. The fourth-order valence-corrected chi connectivity index (χ4v) is 3.59. The van der Waals surface area contributed by atoms with Crippen molar-refractivity contribution in [3.63, 3.8) is 0 Å². The number of carbonyl (C=O) groups is 3. The van der Waals surface area contributed by atoms with Crippen LogP contribution in [0.4, 0.5) is 11.5 Å². The second-order valence-electron chi connectivity index (χ2n) is 7.45. The molecule has 0 aliphatic carbocycles. The summed E-state index contributed by atoms with van der Waals surface area (Å²) in [5, 5.41) is 3.16. The Morgan fingerprint density at radius 3 is 2.44 bits per heavy atom. The Labute approximate surface area is 185 Å². The monoisotopic (exact) mass is 430 g/mol. The molecule has 0 radical (unpaired) electrons. The Morgan fingerprint density at radius 1 is 1.06 bits per heavy atom. The summed E-state index contributed by atoms with van der Waals surface area (Å²) in [5.74, 6) is -0.279. The molecule has 1 aliphatic rings. The number of amides is 2. The molecule has 0 unspecified atom stereocenters. The van der Waals surface area contributed by atoms with Crippen LogP contribution in [0.15, 0.2) is 54.7 Å². The first-order chi connectivity index (χ1) is 15.5. The quantitative estimate of drug-likeness (QED) is 0.452. The van der Waals surface area contributed by atoms with Gasteiger partial charge in [0, 0.05) is 24.8 Å². The average molecular weight is 430 g/mol. The summed E-state index contributed by atoms with van der Waals surface area (Å²) in [6.45, 7) is 2.23. The predicted molar refractivity (Wildman–Crippen MR) is 118 cm³/mol. The number of hydrogen-bond donors (Lipinski definition) is 1. The van der Waals surface area contributed by atoms with Crippen LogP contribution in [-0.2, 0) is 11.2 Å². The average Bonchev–Trinajstić information content (AvgIpc) is 3.04. The van der Waals surface area contributed by atoms with Crippen molar-refractivity contribution in [2.75, 3.05) is 19.0 Å². The Morgan fingerprint density at radius 2 is 1.78 bits per heavy atom. The van der Waals surface area contributed by atoms with Gasteiger partial charge < -0.3 is 10.1 Å². The number of anilines is 2. The van der Waals surface area contributed by atoms with Crippen molar-refractivity contribution >= 4 is 29.3 Å². The zero-order valence-corrected chi connectivity index (χ0v) is 17.8. The maximum atomic E-state index is 12.5. The maximum absolute atomic E-state index is 12.5. The fourth-order valence-electron chi connectivity index (χ4n) is 3.59. The molecule has 0 saturated heterocycles. The summed E-state index contributed by atoms with van der Waals surface area (Å²) in [6.07, 6.45) is 2.35. The standard InChI is InChI=1S/C24H22N4O4/c1-15-7-5-8-16(13-15)26-21-19(24(31)32-2)14-25-20(27-21)11-6-12-28-22(29)17-9-3-4-10-18(17)23(28)30/h3-5,7-10,13-14H,6,11-12H2,1-2H3,(H,25,26,27). The van der Waals surface area contributed by atoms with Crippen molar-refractivity contribution in [1.82, 2.24) is 14.9 Å². The van der Waals surface area contributed by atoms with E-state index in [1.807, 2.05) is 31.2 Å². The number of fused-ring (bicyclic) bond motifs is 1. The highest BCUT2D eigenvalue weighted by molar-refractivity contribution is 6.21. The third-order valence-corrected chi connectivity index (χ3v) is 5.19. The van der Waals surface area contributed by atoms with Crippen LogP contribution < -0.4 is 5.32 Å². The van der Waals surface area contributed by atoms with Crippen LogP contribution in [-0.4, -0.2) is 46.3 Å². The molecule has 2 heterocycles. The Bertz CT molecular complexity index is 1170. The van der Waals surface area contributed by atoms with Crippen LogP contribution in [0, 0.1) is 6.92 Å². The van der Waals surface area contributed by atoms with E-state index in [-0.39, 0.29) is 23.9 Å². The predicted octanol–water partition coefficient (Wildman–Crippen LogP) is 3.54. The van der Waals surface area contributed by atoms with E-state index < -0.39 is 5.97 Å². The van der Waals surface area contributed by atoms with E-state index in [4.69, 9.17) is 4.74 Å². The molecule has 0 spiro atoms. The molecular weight excluding hydrogens is 408 g/mol. The topological polar surface area (TPSA) is 101 Å². The van der Waals surface area contributed by atoms with Crippen molar-refractivity contribution in [1.29, 1.82) is 0 Å². The van der Waals surface area contributed by atoms with Crippen molar-refractivity contribution < 1.29 is 19.1 Å². The zero-order valence-electron chi connectivity index (χ0n) is 17.8. The van der Waals surface area contributed by atoms with Crippen LogP contribution in [0.1, 0.15) is 48.9 Å². The first kappa shape index (κ1) is 21.2. The summed E-state index contributed by atoms with van der Waals surface area (Å²) in [4.78, 5) is 47.2. The second kappa shape index (κ2) is 8.97. The van der Waals surface area contributed by atoms with Gasteiger partial charge in [-0.15, -0.1) is 0 Å². The molecule has 1 N–H and O–H groups in total. The molecule has 0 atom stereocenters. The molecule has 162 valence electrons. The molecule has 32 heavy (non-hydrogen) atoms. The van der Waals surface area contributed by atoms with E-state index in [9.17, 15) is 14.4 Å². The van der Waals surface area contributed by atoms with E-state index in [1.165, 1.54) is 18.2 Å². The van der Waals surface area contributed by atoms with E-state index in [0.717, 1.165) is 11.3 Å². The van der Waals surface area contributed by atoms with Crippen molar-refractivity contribution in [3.05, 3.63) is 82.8 Å². The number of methoxy groups -OCH3 is 1. The number of imide groups is 1. The van der Waals surface area contributed by atoms with E-state index in [1.54, 1.807) is 24.3 Å². The third kappa shape index (κ3) is 4.20. The van der Waals surface area contributed by atoms with E-state index in [2.05, 4.69) is 15.3 Å². The number of rotatable bonds is 7. The minimum atomic E-state index is -0.544. The number of ether oxygens (including phenoxy) is 1. The van der Waals surface area contributed by atoms with Crippen LogP contribution in [0.3, 0.4) is 0 Å². The van der Waals surface area contributed by atoms with Crippen molar-refractivity contribution in [3.8, 4) is 0 Å². The smallest absolute Gasteiger partial charge is 0.343 e. The number of nitrogens with zero attached hydrogens (tertiary/aromatic N) is 3. The summed E-state index contributed by atoms with van der Waals surface area (Å²) >= 11 is 0. The lowest BCUT2D eigenvalue weighted by molar-refractivity contribution is 0.0598. The number of carbonyl (C=O) groups excluding carboxylic acids is 3. The lowest BCUT2D eigenvalue weighted by Gasteiger charge is -2.14. The van der Waals surface area contributed by atoms with Crippen LogP contribution >= 0.6 is 0 Å². The number of hydrogen-bond acceptors (Lipinski definition) is 7. The molecule has 0 bridgehead atoms. The highest BCUT2D eigenvalue weighted by atomic mass is 16.5. The molecule has 8 heteroatoms. The van der Waals surface area contributed by atoms with Gasteiger partial charge in [0.25, 0.3) is 11.8 Å². The minimum Gasteiger partial charge on any atom is -0.465 e. The van der Waals surface area contributed by atoms with Gasteiger partial charge in [0.05, 0.1) is 18.2 Å². The highest BCUT2D eigenvalue weighted by Crippen LogP contribution is 2.23. The van der Waals surface area contributed by atoms with E-state index >= 15 is 0 Å². The normalized spacial score (nSPS) is 12.6. The summed E-state index contributed by atoms with van der Waals surface area (Å²) < 4.78 is 4.84. The first-order valence-corrected chi connectivity index (χ1v) is 10.2. The van der Waals surface area contributed by atoms with Gasteiger partial charge in [0.1, 0.15) is 17.2 Å². The van der Waals surface area contributed by atoms with Crippen LogP contribution in [0.5, 0.6) is 0 Å². The van der Waals surface area contributed by atoms with Gasteiger partial charge in [-0.1, -0.05) is 24.3 Å². The molecule has 2 aromatic carbocycles. The second-order valence-corrected chi connectivity index (χ2v) is 7.45. The molecule has 1 aromatic heterocycles. The first-order valence-electron chi connectivity index (χ1n) is 10.2. The molecule has 4 rings (SSSR count). The Kier molecular flexibility index (Phi) is 5.93. The molecular formula is C24H22N4O4. The molecule has 2 amide bonds. The molecule has 0 fully saturated rings. The van der Waals surface area contributed by atoms with Crippen molar-refractivity contribution in [2.24, 2.45) is 0 Å². The number of nitrogens with one attached hydrogen (secondary N) is 1. The van der Waals surface area contributed by atoms with Gasteiger partial charge in [-0.05, 0) is 43.2 Å². The summed E-state index contributed by atoms with van der Waals surface area (Å²) in [7, 11) is 1.30. The van der Waals surface area contributed by atoms with Gasteiger partial charge >= 0.3 is 5.97 Å². The molecule has 8 nitrogen and oxygen atoms in total. The van der Waals surface area contributed by atoms with Crippen LogP contribution in [0.25, 0.3) is 0 Å². The fraction of sp³-hybridized carbons (Fsp3) is 0.208. The Hall–Kier alpha value is -4.07. The van der Waals surface area contributed by atoms with Crippen LogP contribution in [0.2, 0.25) is 0 Å². The molecule has 3 aromatic rings. The largest absolute Gasteiger partial charge is 0.465 e.